The predicted molar refractivity (Wildman–Crippen MR) is 82.6 cm³/mol. The van der Waals surface area contributed by atoms with E-state index >= 15 is 0 Å². The summed E-state index contributed by atoms with van der Waals surface area (Å²) in [6, 6.07) is 0. The summed E-state index contributed by atoms with van der Waals surface area (Å²) in [6.45, 7) is 5.38. The molecule has 1 aromatic rings. The molecule has 0 spiro atoms. The van der Waals surface area contributed by atoms with E-state index in [1.165, 1.54) is 0 Å². The van der Waals surface area contributed by atoms with Crippen LogP contribution in [0.15, 0.2) is 9.59 Å². The number of carbonyl (C=O) groups excluding carboxylic acids is 1. The van der Waals surface area contributed by atoms with Crippen molar-refractivity contribution in [3.63, 3.8) is 0 Å². The highest BCUT2D eigenvalue weighted by Gasteiger charge is 2.28. The molecule has 8 heteroatoms. The number of hydrogen-bond donors (Lipinski definition) is 0. The van der Waals surface area contributed by atoms with Crippen LogP contribution in [-0.2, 0) is 13.8 Å². The Morgan fingerprint density at radius 3 is 2.86 bits per heavy atom. The lowest BCUT2D eigenvalue weighted by Crippen LogP contribution is -2.43. The lowest BCUT2D eigenvalue weighted by Gasteiger charge is -2.32. The minimum absolute atomic E-state index is 0.0471. The van der Waals surface area contributed by atoms with Crippen LogP contribution in [0.5, 0.6) is 0 Å². The molecule has 0 aliphatic carbocycles. The summed E-state index contributed by atoms with van der Waals surface area (Å²) < 4.78 is 28.5. The Balaban J connectivity index is 2.19. The number of rotatable bonds is 4. The third-order valence-corrected chi connectivity index (χ3v) is 6.82. The van der Waals surface area contributed by atoms with Crippen molar-refractivity contribution < 1.29 is 17.9 Å². The van der Waals surface area contributed by atoms with Gasteiger partial charge in [0.2, 0.25) is 0 Å². The van der Waals surface area contributed by atoms with Crippen LogP contribution in [0.3, 0.4) is 0 Å². The lowest BCUT2D eigenvalue weighted by atomic mass is 10.1. The van der Waals surface area contributed by atoms with Gasteiger partial charge in [0.15, 0.2) is 0 Å². The van der Waals surface area contributed by atoms with Crippen molar-refractivity contribution in [3.8, 4) is 0 Å². The Labute approximate surface area is 133 Å². The van der Waals surface area contributed by atoms with Gasteiger partial charge in [-0.2, -0.15) is 0 Å². The van der Waals surface area contributed by atoms with E-state index in [0.717, 1.165) is 24.2 Å². The number of hydrogen-bond acceptors (Lipinski definition) is 5. The number of ether oxygens (including phenoxy) is 1. The Morgan fingerprint density at radius 2 is 2.29 bits per heavy atom. The van der Waals surface area contributed by atoms with Crippen LogP contribution in [-0.4, -0.2) is 45.0 Å². The number of likely N-dealkylation sites (tertiary alicyclic amines) is 1. The predicted octanol–water partition coefficient (Wildman–Crippen LogP) is 2.63. The number of piperidine rings is 1. The SMILES string of the molecule is CCOC1CCCN(C(=O)c2csc(S(=O)(=O)Cl)c2C)C1. The van der Waals surface area contributed by atoms with E-state index in [-0.39, 0.29) is 16.2 Å². The van der Waals surface area contributed by atoms with Gasteiger partial charge in [-0.25, -0.2) is 8.42 Å². The molecule has 1 unspecified atom stereocenters. The van der Waals surface area contributed by atoms with Crippen LogP contribution < -0.4 is 0 Å². The van der Waals surface area contributed by atoms with Gasteiger partial charge in [-0.05, 0) is 32.3 Å². The molecule has 2 heterocycles. The maximum absolute atomic E-state index is 12.5. The summed E-state index contributed by atoms with van der Waals surface area (Å²) in [4.78, 5) is 14.3. The Morgan fingerprint density at radius 1 is 1.57 bits per heavy atom. The second kappa shape index (κ2) is 6.64. The zero-order valence-corrected chi connectivity index (χ0v) is 14.4. The van der Waals surface area contributed by atoms with Crippen molar-refractivity contribution in [1.82, 2.24) is 4.90 Å². The molecule has 118 valence electrons. The van der Waals surface area contributed by atoms with E-state index in [9.17, 15) is 13.2 Å². The molecule has 1 saturated heterocycles. The third-order valence-electron chi connectivity index (χ3n) is 3.51. The van der Waals surface area contributed by atoms with Crippen molar-refractivity contribution >= 4 is 37.0 Å². The molecule has 0 N–H and O–H groups in total. The number of amides is 1. The molecule has 0 radical (unpaired) electrons. The van der Waals surface area contributed by atoms with Crippen LogP contribution >= 0.6 is 22.0 Å². The molecule has 0 aromatic carbocycles. The van der Waals surface area contributed by atoms with Gasteiger partial charge in [0.1, 0.15) is 4.21 Å². The summed E-state index contributed by atoms with van der Waals surface area (Å²) in [5, 5.41) is 1.57. The first-order valence-corrected chi connectivity index (χ1v) is 9.97. The molecule has 0 saturated carbocycles. The average molecular weight is 352 g/mol. The molecular formula is C13H18ClNO4S2. The molecule has 1 atom stereocenters. The first-order valence-electron chi connectivity index (χ1n) is 6.78. The normalized spacial score (nSPS) is 19.8. The summed E-state index contributed by atoms with van der Waals surface area (Å²) >= 11 is 0.988. The quantitative estimate of drug-likeness (QED) is 0.782. The molecule has 1 aromatic heterocycles. The van der Waals surface area contributed by atoms with Gasteiger partial charge in [0, 0.05) is 35.8 Å². The average Bonchev–Trinajstić information content (AvgIpc) is 2.80. The zero-order chi connectivity index (χ0) is 15.6. The minimum Gasteiger partial charge on any atom is -0.377 e. The molecule has 21 heavy (non-hydrogen) atoms. The Hall–Kier alpha value is -0.630. The van der Waals surface area contributed by atoms with Crippen molar-refractivity contribution in [3.05, 3.63) is 16.5 Å². The van der Waals surface area contributed by atoms with Crippen LogP contribution in [0.2, 0.25) is 0 Å². The van der Waals surface area contributed by atoms with Gasteiger partial charge >= 0.3 is 0 Å². The molecule has 1 fully saturated rings. The first kappa shape index (κ1) is 16.7. The topological polar surface area (TPSA) is 63.7 Å². The summed E-state index contributed by atoms with van der Waals surface area (Å²) in [6.07, 6.45) is 1.89. The molecule has 1 amide bonds. The molecule has 1 aliphatic heterocycles. The minimum atomic E-state index is -3.80. The molecule has 5 nitrogen and oxygen atoms in total. The fourth-order valence-electron chi connectivity index (χ4n) is 2.52. The van der Waals surface area contributed by atoms with Gasteiger partial charge in [-0.1, -0.05) is 0 Å². The second-order valence-electron chi connectivity index (χ2n) is 4.97. The van der Waals surface area contributed by atoms with E-state index in [2.05, 4.69) is 0 Å². The highest BCUT2D eigenvalue weighted by atomic mass is 35.7. The van der Waals surface area contributed by atoms with Crippen molar-refractivity contribution in [1.29, 1.82) is 0 Å². The van der Waals surface area contributed by atoms with Crippen LogP contribution in [0.1, 0.15) is 35.7 Å². The van der Waals surface area contributed by atoms with E-state index in [1.54, 1.807) is 17.2 Å². The van der Waals surface area contributed by atoms with E-state index in [1.807, 2.05) is 6.92 Å². The highest BCUT2D eigenvalue weighted by Crippen LogP contribution is 2.30. The fraction of sp³-hybridized carbons (Fsp3) is 0.615. The van der Waals surface area contributed by atoms with Crippen LogP contribution in [0.4, 0.5) is 0 Å². The molecule has 0 bridgehead atoms. The first-order chi connectivity index (χ1) is 9.84. The van der Waals surface area contributed by atoms with Crippen LogP contribution in [0, 0.1) is 6.92 Å². The highest BCUT2D eigenvalue weighted by molar-refractivity contribution is 8.15. The largest absolute Gasteiger partial charge is 0.377 e. The Bertz CT molecular complexity index is 624. The third kappa shape index (κ3) is 3.77. The monoisotopic (exact) mass is 351 g/mol. The van der Waals surface area contributed by atoms with Gasteiger partial charge in [0.05, 0.1) is 11.7 Å². The number of thiophene rings is 1. The van der Waals surface area contributed by atoms with E-state index in [0.29, 0.717) is 30.8 Å². The summed E-state index contributed by atoms with van der Waals surface area (Å²) in [5.74, 6) is -0.153. The zero-order valence-electron chi connectivity index (χ0n) is 12.0. The van der Waals surface area contributed by atoms with Gasteiger partial charge < -0.3 is 9.64 Å². The maximum atomic E-state index is 12.5. The number of nitrogens with zero attached hydrogens (tertiary/aromatic N) is 1. The molecule has 2 rings (SSSR count). The van der Waals surface area contributed by atoms with Crippen molar-refractivity contribution in [2.75, 3.05) is 19.7 Å². The Kier molecular flexibility index (Phi) is 5.29. The number of carbonyl (C=O) groups is 1. The van der Waals surface area contributed by atoms with E-state index in [4.69, 9.17) is 15.4 Å². The van der Waals surface area contributed by atoms with Gasteiger partial charge in [-0.15, -0.1) is 11.3 Å². The molecular weight excluding hydrogens is 334 g/mol. The van der Waals surface area contributed by atoms with Crippen molar-refractivity contribution in [2.45, 2.75) is 37.0 Å². The summed E-state index contributed by atoms with van der Waals surface area (Å²) in [7, 11) is 1.57. The van der Waals surface area contributed by atoms with Crippen LogP contribution in [0.25, 0.3) is 0 Å². The van der Waals surface area contributed by atoms with Gasteiger partial charge in [-0.3, -0.25) is 4.79 Å². The van der Waals surface area contributed by atoms with Gasteiger partial charge in [0.25, 0.3) is 15.0 Å². The van der Waals surface area contributed by atoms with Crippen molar-refractivity contribution in [2.24, 2.45) is 0 Å². The summed E-state index contributed by atoms with van der Waals surface area (Å²) in [5.41, 5.74) is 0.843. The van der Waals surface area contributed by atoms with E-state index < -0.39 is 9.05 Å². The molecule has 1 aliphatic rings. The standard InChI is InChI=1S/C13H18ClNO4S2/c1-3-19-10-5-4-6-15(7-10)12(16)11-8-20-13(9(11)2)21(14,17)18/h8,10H,3-7H2,1-2H3. The second-order valence-corrected chi connectivity index (χ2v) is 8.61. The maximum Gasteiger partial charge on any atom is 0.271 e. The smallest absolute Gasteiger partial charge is 0.271 e. The number of halogens is 1. The lowest BCUT2D eigenvalue weighted by molar-refractivity contribution is 0.00723. The fourth-order valence-corrected chi connectivity index (χ4v) is 5.06.